The lowest BCUT2D eigenvalue weighted by Gasteiger charge is -2.19. The third kappa shape index (κ3) is 4.60. The van der Waals surface area contributed by atoms with Crippen molar-refractivity contribution >= 4 is 5.91 Å². The van der Waals surface area contributed by atoms with Gasteiger partial charge in [0.1, 0.15) is 5.75 Å². The molecule has 2 rings (SSSR count). The maximum atomic E-state index is 12.1. The average molecular weight is 299 g/mol. The first-order valence-electron chi connectivity index (χ1n) is 7.36. The number of aliphatic hydroxyl groups excluding tert-OH is 1. The van der Waals surface area contributed by atoms with E-state index in [4.69, 9.17) is 0 Å². The lowest BCUT2D eigenvalue weighted by Crippen LogP contribution is -2.29. The van der Waals surface area contributed by atoms with Gasteiger partial charge >= 0.3 is 0 Å². The Balaban J connectivity index is 2.03. The zero-order valence-corrected chi connectivity index (χ0v) is 12.6. The molecule has 116 valence electrons. The van der Waals surface area contributed by atoms with Gasteiger partial charge in [-0.25, -0.2) is 0 Å². The van der Waals surface area contributed by atoms with E-state index in [1.165, 1.54) is 12.1 Å². The quantitative estimate of drug-likeness (QED) is 0.768. The van der Waals surface area contributed by atoms with Crippen LogP contribution in [-0.4, -0.2) is 28.8 Å². The van der Waals surface area contributed by atoms with Gasteiger partial charge in [-0.15, -0.1) is 0 Å². The maximum absolute atomic E-state index is 12.1. The van der Waals surface area contributed by atoms with Crippen LogP contribution in [0.15, 0.2) is 54.6 Å². The highest BCUT2D eigenvalue weighted by atomic mass is 16.3. The first-order valence-corrected chi connectivity index (χ1v) is 7.36. The third-order valence-electron chi connectivity index (χ3n) is 3.51. The Bertz CT molecular complexity index is 611. The summed E-state index contributed by atoms with van der Waals surface area (Å²) in [6.07, 6.45) is 0.132. The highest BCUT2D eigenvalue weighted by molar-refractivity contribution is 5.94. The van der Waals surface area contributed by atoms with Crippen LogP contribution >= 0.6 is 0 Å². The summed E-state index contributed by atoms with van der Waals surface area (Å²) >= 11 is 0. The summed E-state index contributed by atoms with van der Waals surface area (Å²) in [5.41, 5.74) is 1.50. The second kappa shape index (κ2) is 7.61. The Labute approximate surface area is 130 Å². The van der Waals surface area contributed by atoms with Gasteiger partial charge in [-0.1, -0.05) is 36.4 Å². The molecule has 1 amide bonds. The second-order valence-electron chi connectivity index (χ2n) is 5.45. The number of aromatic hydroxyl groups is 1. The monoisotopic (exact) mass is 299 g/mol. The summed E-state index contributed by atoms with van der Waals surface area (Å²) in [5, 5.41) is 21.9. The normalized spacial score (nSPS) is 13.4. The highest BCUT2D eigenvalue weighted by Gasteiger charge is 2.16. The molecule has 0 heterocycles. The molecule has 0 spiro atoms. The number of aliphatic hydroxyl groups is 1. The number of hydrogen-bond acceptors (Lipinski definition) is 3. The van der Waals surface area contributed by atoms with Gasteiger partial charge in [-0.05, 0) is 37.1 Å². The van der Waals surface area contributed by atoms with Gasteiger partial charge in [0.05, 0.1) is 6.10 Å². The van der Waals surface area contributed by atoms with Crippen LogP contribution in [-0.2, 0) is 0 Å². The summed E-state index contributed by atoms with van der Waals surface area (Å²) in [7, 11) is 0. The number of carbonyl (C=O) groups is 1. The number of rotatable bonds is 6. The summed E-state index contributed by atoms with van der Waals surface area (Å²) < 4.78 is 0. The van der Waals surface area contributed by atoms with Crippen molar-refractivity contribution in [2.24, 2.45) is 0 Å². The number of carbonyl (C=O) groups excluding carboxylic acids is 1. The Morgan fingerprint density at radius 3 is 2.50 bits per heavy atom. The highest BCUT2D eigenvalue weighted by Crippen LogP contribution is 2.20. The van der Waals surface area contributed by atoms with E-state index in [1.807, 2.05) is 30.3 Å². The van der Waals surface area contributed by atoms with E-state index in [0.717, 1.165) is 5.56 Å². The number of hydrogen-bond donors (Lipinski definition) is 3. The van der Waals surface area contributed by atoms with E-state index in [9.17, 15) is 15.0 Å². The predicted octanol–water partition coefficient (Wildman–Crippen LogP) is 2.68. The van der Waals surface area contributed by atoms with Gasteiger partial charge < -0.3 is 15.5 Å². The van der Waals surface area contributed by atoms with Crippen LogP contribution in [0.5, 0.6) is 5.75 Å². The Morgan fingerprint density at radius 1 is 1.14 bits per heavy atom. The molecule has 0 aliphatic heterocycles. The molecule has 0 fully saturated rings. The van der Waals surface area contributed by atoms with Crippen LogP contribution in [0, 0.1) is 0 Å². The van der Waals surface area contributed by atoms with E-state index in [2.05, 4.69) is 5.32 Å². The van der Waals surface area contributed by atoms with Gasteiger partial charge in [0.25, 0.3) is 5.91 Å². The Kier molecular flexibility index (Phi) is 5.55. The molecule has 2 atom stereocenters. The van der Waals surface area contributed by atoms with E-state index in [-0.39, 0.29) is 17.6 Å². The van der Waals surface area contributed by atoms with E-state index in [0.29, 0.717) is 18.5 Å². The Hall–Kier alpha value is -2.33. The van der Waals surface area contributed by atoms with Gasteiger partial charge in [0.15, 0.2) is 0 Å². The molecule has 0 saturated heterocycles. The van der Waals surface area contributed by atoms with Gasteiger partial charge in [0.2, 0.25) is 0 Å². The minimum Gasteiger partial charge on any atom is -0.508 e. The zero-order valence-electron chi connectivity index (χ0n) is 12.6. The molecule has 2 aromatic rings. The SMILES string of the molecule is CC(O)CC(CNC(=O)c1cccc(O)c1)c1ccccc1. The maximum Gasteiger partial charge on any atom is 0.251 e. The molecule has 2 aromatic carbocycles. The van der Waals surface area contributed by atoms with Crippen LogP contribution in [0.25, 0.3) is 0 Å². The molecule has 0 saturated carbocycles. The Morgan fingerprint density at radius 2 is 1.86 bits per heavy atom. The summed E-state index contributed by atoms with van der Waals surface area (Å²) in [4.78, 5) is 12.1. The molecule has 3 N–H and O–H groups in total. The topological polar surface area (TPSA) is 69.6 Å². The molecule has 0 bridgehead atoms. The predicted molar refractivity (Wildman–Crippen MR) is 85.9 cm³/mol. The lowest BCUT2D eigenvalue weighted by molar-refractivity contribution is 0.0945. The van der Waals surface area contributed by atoms with Gasteiger partial charge in [-0.3, -0.25) is 4.79 Å². The number of benzene rings is 2. The van der Waals surface area contributed by atoms with Crippen molar-refractivity contribution in [2.45, 2.75) is 25.4 Å². The minimum atomic E-state index is -0.442. The fourth-order valence-corrected chi connectivity index (χ4v) is 2.44. The molecule has 4 heteroatoms. The molecule has 0 aliphatic carbocycles. The smallest absolute Gasteiger partial charge is 0.251 e. The minimum absolute atomic E-state index is 0.0439. The van der Waals surface area contributed by atoms with E-state index >= 15 is 0 Å². The summed E-state index contributed by atoms with van der Waals surface area (Å²) in [5.74, 6) is -0.124. The van der Waals surface area contributed by atoms with Crippen molar-refractivity contribution in [3.05, 3.63) is 65.7 Å². The molecule has 0 aromatic heterocycles. The number of nitrogens with one attached hydrogen (secondary N) is 1. The molecule has 2 unspecified atom stereocenters. The number of phenolic OH excluding ortho intramolecular Hbond substituents is 1. The second-order valence-corrected chi connectivity index (χ2v) is 5.45. The molecule has 0 aliphatic rings. The van der Waals surface area contributed by atoms with Crippen molar-refractivity contribution in [3.8, 4) is 5.75 Å². The zero-order chi connectivity index (χ0) is 15.9. The molecular weight excluding hydrogens is 278 g/mol. The van der Waals surface area contributed by atoms with Crippen molar-refractivity contribution in [2.75, 3.05) is 6.54 Å². The molecule has 22 heavy (non-hydrogen) atoms. The van der Waals surface area contributed by atoms with Crippen molar-refractivity contribution in [3.63, 3.8) is 0 Å². The van der Waals surface area contributed by atoms with Crippen LogP contribution in [0.2, 0.25) is 0 Å². The van der Waals surface area contributed by atoms with Crippen LogP contribution in [0.3, 0.4) is 0 Å². The van der Waals surface area contributed by atoms with Crippen molar-refractivity contribution in [1.82, 2.24) is 5.32 Å². The first kappa shape index (κ1) is 16.0. The lowest BCUT2D eigenvalue weighted by atomic mass is 9.93. The van der Waals surface area contributed by atoms with Crippen molar-refractivity contribution < 1.29 is 15.0 Å². The standard InChI is InChI=1S/C18H21NO3/c1-13(20)10-16(14-6-3-2-4-7-14)12-19-18(22)15-8-5-9-17(21)11-15/h2-9,11,13,16,20-21H,10,12H2,1H3,(H,19,22). The van der Waals surface area contributed by atoms with Crippen LogP contribution in [0.4, 0.5) is 0 Å². The first-order chi connectivity index (χ1) is 10.6. The van der Waals surface area contributed by atoms with E-state index < -0.39 is 6.10 Å². The fourth-order valence-electron chi connectivity index (χ4n) is 2.44. The van der Waals surface area contributed by atoms with Crippen LogP contribution in [0.1, 0.15) is 35.2 Å². The molecular formula is C18H21NO3. The van der Waals surface area contributed by atoms with E-state index in [1.54, 1.807) is 19.1 Å². The summed E-state index contributed by atoms with van der Waals surface area (Å²) in [6.45, 7) is 2.18. The van der Waals surface area contributed by atoms with Gasteiger partial charge in [0, 0.05) is 18.0 Å². The third-order valence-corrected chi connectivity index (χ3v) is 3.51. The summed E-state index contributed by atoms with van der Waals surface area (Å²) in [6, 6.07) is 16.1. The average Bonchev–Trinajstić information content (AvgIpc) is 2.51. The van der Waals surface area contributed by atoms with Crippen molar-refractivity contribution in [1.29, 1.82) is 0 Å². The molecule has 4 nitrogen and oxygen atoms in total. The van der Waals surface area contributed by atoms with Gasteiger partial charge in [-0.2, -0.15) is 0 Å². The molecule has 0 radical (unpaired) electrons. The fraction of sp³-hybridized carbons (Fsp3) is 0.278. The largest absolute Gasteiger partial charge is 0.508 e. The van der Waals surface area contributed by atoms with Crippen LogP contribution < -0.4 is 5.32 Å². The number of amides is 1. The number of phenols is 1.